The Kier molecular flexibility index (Phi) is 5.01. The van der Waals surface area contributed by atoms with E-state index in [0.717, 1.165) is 30.9 Å². The van der Waals surface area contributed by atoms with Gasteiger partial charge in [-0.1, -0.05) is 0 Å². The van der Waals surface area contributed by atoms with Crippen molar-refractivity contribution in [1.29, 1.82) is 0 Å². The molecule has 3 aromatic rings. The van der Waals surface area contributed by atoms with E-state index in [9.17, 15) is 9.32 Å². The lowest BCUT2D eigenvalue weighted by molar-refractivity contribution is 0.238. The fourth-order valence-corrected chi connectivity index (χ4v) is 3.96. The van der Waals surface area contributed by atoms with Gasteiger partial charge < -0.3 is 20.3 Å². The number of aliphatic hydroxyl groups is 1. The van der Waals surface area contributed by atoms with Crippen molar-refractivity contribution in [3.63, 3.8) is 0 Å². The summed E-state index contributed by atoms with van der Waals surface area (Å²) in [5.74, 6) is 0.867. The molecule has 1 aromatic carbocycles. The van der Waals surface area contributed by atoms with Crippen LogP contribution in [0.1, 0.15) is 6.42 Å². The summed E-state index contributed by atoms with van der Waals surface area (Å²) in [5.41, 5.74) is 3.06. The topological polar surface area (TPSA) is 119 Å². The Bertz CT molecular complexity index is 977. The maximum absolute atomic E-state index is 12.2. The van der Waals surface area contributed by atoms with E-state index in [4.69, 9.17) is 0 Å². The number of rotatable bonds is 6. The molecule has 0 amide bonds. The average Bonchev–Trinajstić information content (AvgIpc) is 3.37. The first-order chi connectivity index (χ1) is 13.2. The van der Waals surface area contributed by atoms with Gasteiger partial charge in [0, 0.05) is 25.6 Å². The van der Waals surface area contributed by atoms with Crippen molar-refractivity contribution < 1.29 is 9.32 Å². The molecule has 3 heterocycles. The number of anilines is 3. The standard InChI is InChI=1S/C17H21N7O2S/c1-18-27(26)12-2-3-14(24-5-4-11(7-24)8-25)13(6-12)23-17-15-16(20-9-19-15)21-10-22-17/h2-3,6,9-11,18,25H,4-5,7-8H2,1H3,(H2,19,20,21,22,23). The van der Waals surface area contributed by atoms with E-state index in [1.54, 1.807) is 13.4 Å². The smallest absolute Gasteiger partial charge is 0.182 e. The number of nitrogens with one attached hydrogen (secondary N) is 3. The van der Waals surface area contributed by atoms with Gasteiger partial charge in [-0.2, -0.15) is 0 Å². The number of imidazole rings is 1. The molecule has 0 aliphatic carbocycles. The van der Waals surface area contributed by atoms with E-state index in [1.807, 2.05) is 18.2 Å². The molecule has 4 N–H and O–H groups in total. The van der Waals surface area contributed by atoms with Crippen LogP contribution in [0.3, 0.4) is 0 Å². The van der Waals surface area contributed by atoms with Gasteiger partial charge in [0.25, 0.3) is 0 Å². The maximum Gasteiger partial charge on any atom is 0.182 e. The Hall–Kier alpha value is -2.56. The number of aromatic nitrogens is 4. The zero-order chi connectivity index (χ0) is 18.8. The minimum atomic E-state index is -1.30. The van der Waals surface area contributed by atoms with Crippen molar-refractivity contribution in [2.45, 2.75) is 11.3 Å². The third-order valence-corrected chi connectivity index (χ3v) is 5.78. The van der Waals surface area contributed by atoms with E-state index in [2.05, 4.69) is 34.9 Å². The molecular formula is C17H21N7O2S. The highest BCUT2D eigenvalue weighted by atomic mass is 32.2. The molecule has 0 spiro atoms. The summed E-state index contributed by atoms with van der Waals surface area (Å²) < 4.78 is 15.0. The van der Waals surface area contributed by atoms with Crippen molar-refractivity contribution in [2.75, 3.05) is 37.0 Å². The Labute approximate surface area is 158 Å². The molecule has 1 aliphatic heterocycles. The van der Waals surface area contributed by atoms with Gasteiger partial charge in [-0.15, -0.1) is 0 Å². The number of fused-ring (bicyclic) bond motifs is 1. The van der Waals surface area contributed by atoms with Crippen molar-refractivity contribution in [3.8, 4) is 0 Å². The SMILES string of the molecule is CNS(=O)c1ccc(N2CCC(CO)C2)c(Nc2ncnc3nc[nH]c23)c1. The summed E-state index contributed by atoms with van der Waals surface area (Å²) in [6, 6.07) is 5.67. The monoisotopic (exact) mass is 387 g/mol. The molecule has 9 nitrogen and oxygen atoms in total. The van der Waals surface area contributed by atoms with Crippen LogP contribution in [0.2, 0.25) is 0 Å². The molecule has 10 heteroatoms. The minimum absolute atomic E-state index is 0.182. The third kappa shape index (κ3) is 3.51. The Morgan fingerprint density at radius 1 is 1.37 bits per heavy atom. The lowest BCUT2D eigenvalue weighted by Crippen LogP contribution is -2.22. The summed E-state index contributed by atoms with van der Waals surface area (Å²) >= 11 is 0. The zero-order valence-corrected chi connectivity index (χ0v) is 15.7. The summed E-state index contributed by atoms with van der Waals surface area (Å²) in [4.78, 5) is 18.5. The number of benzene rings is 1. The van der Waals surface area contributed by atoms with Gasteiger partial charge in [0.15, 0.2) is 11.5 Å². The largest absolute Gasteiger partial charge is 0.396 e. The minimum Gasteiger partial charge on any atom is -0.396 e. The van der Waals surface area contributed by atoms with Gasteiger partial charge in [0.05, 0.1) is 22.6 Å². The van der Waals surface area contributed by atoms with Gasteiger partial charge in [-0.3, -0.25) is 0 Å². The highest BCUT2D eigenvalue weighted by molar-refractivity contribution is 7.83. The fraction of sp³-hybridized carbons (Fsp3) is 0.353. The number of nitrogens with zero attached hydrogens (tertiary/aromatic N) is 4. The molecule has 27 heavy (non-hydrogen) atoms. The predicted octanol–water partition coefficient (Wildman–Crippen LogP) is 1.16. The molecule has 1 saturated heterocycles. The molecule has 0 saturated carbocycles. The normalized spacial score (nSPS) is 18.1. The van der Waals surface area contributed by atoms with Gasteiger partial charge >= 0.3 is 0 Å². The van der Waals surface area contributed by atoms with Crippen molar-refractivity contribution in [3.05, 3.63) is 30.9 Å². The molecule has 142 valence electrons. The van der Waals surface area contributed by atoms with Crippen LogP contribution >= 0.6 is 0 Å². The molecule has 1 fully saturated rings. The predicted molar refractivity (Wildman–Crippen MR) is 104 cm³/mol. The van der Waals surface area contributed by atoms with Crippen LogP contribution in [0.15, 0.2) is 35.7 Å². The molecule has 0 radical (unpaired) electrons. The van der Waals surface area contributed by atoms with Crippen LogP contribution in [0.5, 0.6) is 0 Å². The van der Waals surface area contributed by atoms with Crippen LogP contribution in [0, 0.1) is 5.92 Å². The molecule has 0 bridgehead atoms. The first kappa shape index (κ1) is 17.8. The molecule has 2 atom stereocenters. The second-order valence-corrected chi connectivity index (χ2v) is 7.80. The van der Waals surface area contributed by atoms with E-state index < -0.39 is 11.0 Å². The molecule has 2 aromatic heterocycles. The maximum atomic E-state index is 12.2. The van der Waals surface area contributed by atoms with Gasteiger partial charge in [0.1, 0.15) is 22.8 Å². The van der Waals surface area contributed by atoms with Gasteiger partial charge in [-0.05, 0) is 31.7 Å². The Morgan fingerprint density at radius 2 is 2.26 bits per heavy atom. The summed E-state index contributed by atoms with van der Waals surface area (Å²) in [6.07, 6.45) is 3.97. The van der Waals surface area contributed by atoms with Crippen LogP contribution in [-0.2, 0) is 11.0 Å². The summed E-state index contributed by atoms with van der Waals surface area (Å²) in [5, 5.41) is 12.8. The van der Waals surface area contributed by atoms with E-state index in [1.165, 1.54) is 6.33 Å². The van der Waals surface area contributed by atoms with Crippen LogP contribution in [-0.4, -0.2) is 56.0 Å². The highest BCUT2D eigenvalue weighted by Gasteiger charge is 2.24. The zero-order valence-electron chi connectivity index (χ0n) is 14.8. The third-order valence-electron chi connectivity index (χ3n) is 4.73. The second-order valence-electron chi connectivity index (χ2n) is 6.38. The van der Waals surface area contributed by atoms with E-state index in [-0.39, 0.29) is 12.5 Å². The summed E-state index contributed by atoms with van der Waals surface area (Å²) in [7, 11) is 0.357. The average molecular weight is 387 g/mol. The quantitative estimate of drug-likeness (QED) is 0.501. The van der Waals surface area contributed by atoms with Crippen LogP contribution in [0.4, 0.5) is 17.2 Å². The first-order valence-corrected chi connectivity index (χ1v) is 9.84. The Morgan fingerprint density at radius 3 is 3.04 bits per heavy atom. The van der Waals surface area contributed by atoms with Gasteiger partial charge in [0.2, 0.25) is 0 Å². The molecule has 2 unspecified atom stereocenters. The summed E-state index contributed by atoms with van der Waals surface area (Å²) in [6.45, 7) is 1.82. The van der Waals surface area contributed by atoms with Crippen molar-refractivity contribution in [2.24, 2.45) is 5.92 Å². The fourth-order valence-electron chi connectivity index (χ4n) is 3.31. The van der Waals surface area contributed by atoms with E-state index >= 15 is 0 Å². The highest BCUT2D eigenvalue weighted by Crippen LogP contribution is 2.34. The lowest BCUT2D eigenvalue weighted by atomic mass is 10.1. The van der Waals surface area contributed by atoms with Crippen molar-refractivity contribution in [1.82, 2.24) is 24.7 Å². The molecule has 1 aliphatic rings. The number of hydrogen-bond acceptors (Lipinski definition) is 7. The van der Waals surface area contributed by atoms with Gasteiger partial charge in [-0.25, -0.2) is 23.9 Å². The number of H-pyrrole nitrogens is 1. The number of aliphatic hydroxyl groups excluding tert-OH is 1. The lowest BCUT2D eigenvalue weighted by Gasteiger charge is -2.23. The number of aromatic amines is 1. The molecule has 4 rings (SSSR count). The number of hydrogen-bond donors (Lipinski definition) is 4. The molecular weight excluding hydrogens is 366 g/mol. The van der Waals surface area contributed by atoms with Crippen molar-refractivity contribution >= 4 is 39.3 Å². The Balaban J connectivity index is 1.74. The first-order valence-electron chi connectivity index (χ1n) is 8.69. The van der Waals surface area contributed by atoms with E-state index in [0.29, 0.717) is 21.9 Å². The van der Waals surface area contributed by atoms with Crippen LogP contribution in [0.25, 0.3) is 11.2 Å². The second kappa shape index (κ2) is 7.59. The van der Waals surface area contributed by atoms with Crippen LogP contribution < -0.4 is 14.9 Å².